The van der Waals surface area contributed by atoms with Gasteiger partial charge in [-0.05, 0) is 154 Å². The van der Waals surface area contributed by atoms with Crippen LogP contribution in [-0.2, 0) is 29.6 Å². The van der Waals surface area contributed by atoms with Gasteiger partial charge in [-0.2, -0.15) is 5.10 Å². The Morgan fingerprint density at radius 3 is 2.53 bits per heavy atom. The van der Waals surface area contributed by atoms with E-state index in [4.69, 9.17) is 14.8 Å². The number of aryl methyl sites for hydroxylation is 1. The molecule has 11 rings (SSSR count). The van der Waals surface area contributed by atoms with Crippen molar-refractivity contribution in [3.8, 4) is 16.9 Å². The highest BCUT2D eigenvalue weighted by Crippen LogP contribution is 2.39. The molecule has 0 bridgehead atoms. The van der Waals surface area contributed by atoms with Crippen LogP contribution in [0.2, 0.25) is 0 Å². The van der Waals surface area contributed by atoms with Gasteiger partial charge in [0.2, 0.25) is 11.8 Å². The minimum absolute atomic E-state index is 0.0181. The molecule has 7 aromatic rings. The number of benzene rings is 4. The van der Waals surface area contributed by atoms with Crippen molar-refractivity contribution in [2.45, 2.75) is 108 Å². The van der Waals surface area contributed by atoms with Crippen LogP contribution in [0.4, 0.5) is 10.9 Å². The van der Waals surface area contributed by atoms with Gasteiger partial charge in [0, 0.05) is 49.6 Å². The number of pyridine rings is 1. The van der Waals surface area contributed by atoms with Gasteiger partial charge in [-0.25, -0.2) is 14.8 Å². The van der Waals surface area contributed by atoms with Crippen molar-refractivity contribution in [1.82, 2.24) is 30.0 Å². The van der Waals surface area contributed by atoms with Crippen molar-refractivity contribution in [2.24, 2.45) is 13.0 Å². The number of carbonyl (C=O) groups excluding carboxylic acids is 3. The number of aromatic carboxylic acids is 1. The molecule has 2 saturated heterocycles. The summed E-state index contributed by atoms with van der Waals surface area (Å²) in [7, 11) is 1.97. The predicted molar refractivity (Wildman–Crippen MR) is 285 cm³/mol. The van der Waals surface area contributed by atoms with E-state index in [-0.39, 0.29) is 29.5 Å². The van der Waals surface area contributed by atoms with Crippen LogP contribution >= 0.6 is 11.3 Å². The standard InChI is InChI=1S/C58H62N8O6S/c1-35-40(42-25-27-50(60-53(42)57(70)71)66-32-29-37-12-7-16-43(46(37)34-66)55(68)62-58-59-47-18-3-4-20-49(47)73-58)14-9-19-48(35)72-39-23-21-36(22-24-39)11-5-6-30-65-31-10-13-38(33-65)41-15-8-17-44-52(63-64(2)54(41)44)45-26-28-51(67)61-56(45)69/h3-4,7-9,12,14-20,25,27,36,38-39,45H,5-6,10-11,13,21-24,26,28-34H2,1-2H3,(H,70,71)(H,59,62,68)(H,61,67,69). The van der Waals surface area contributed by atoms with Gasteiger partial charge < -0.3 is 19.6 Å². The molecule has 6 heterocycles. The molecule has 3 amide bonds. The summed E-state index contributed by atoms with van der Waals surface area (Å²) < 4.78 is 9.65. The molecule has 4 aromatic carbocycles. The largest absolute Gasteiger partial charge is 0.490 e. The van der Waals surface area contributed by atoms with Crippen LogP contribution in [0.3, 0.4) is 0 Å². The van der Waals surface area contributed by atoms with E-state index in [0.717, 1.165) is 113 Å². The maximum absolute atomic E-state index is 13.7. The zero-order valence-electron chi connectivity index (χ0n) is 41.6. The predicted octanol–water partition coefficient (Wildman–Crippen LogP) is 10.6. The molecule has 15 heteroatoms. The highest BCUT2D eigenvalue weighted by molar-refractivity contribution is 7.22. The third-order valence-corrected chi connectivity index (χ3v) is 16.8. The van der Waals surface area contributed by atoms with E-state index < -0.39 is 11.9 Å². The highest BCUT2D eigenvalue weighted by Gasteiger charge is 2.34. The monoisotopic (exact) mass is 998 g/mol. The van der Waals surface area contributed by atoms with E-state index in [9.17, 15) is 24.3 Å². The molecule has 2 unspecified atom stereocenters. The molecule has 4 aliphatic rings. The molecule has 0 radical (unpaired) electrons. The number of piperidine rings is 2. The van der Waals surface area contributed by atoms with Crippen molar-refractivity contribution in [3.63, 3.8) is 0 Å². The van der Waals surface area contributed by atoms with Gasteiger partial charge in [0.1, 0.15) is 11.6 Å². The summed E-state index contributed by atoms with van der Waals surface area (Å²) in [5.74, 6) is 0.228. The Morgan fingerprint density at radius 2 is 1.70 bits per heavy atom. The number of nitrogens with zero attached hydrogens (tertiary/aromatic N) is 6. The number of hydrogen-bond acceptors (Lipinski definition) is 11. The van der Waals surface area contributed by atoms with Gasteiger partial charge in [-0.3, -0.25) is 29.7 Å². The summed E-state index contributed by atoms with van der Waals surface area (Å²) >= 11 is 1.44. The quantitative estimate of drug-likeness (QED) is 0.0699. The van der Waals surface area contributed by atoms with Crippen molar-refractivity contribution in [2.75, 3.05) is 36.4 Å². The fourth-order valence-corrected chi connectivity index (χ4v) is 12.9. The normalized spacial score (nSPS) is 20.5. The fraction of sp³-hybridized carbons (Fsp3) is 0.397. The fourth-order valence-electron chi connectivity index (χ4n) is 12.1. The van der Waals surface area contributed by atoms with Gasteiger partial charge in [0.15, 0.2) is 10.8 Å². The molecule has 73 heavy (non-hydrogen) atoms. The van der Waals surface area contributed by atoms with Crippen LogP contribution in [-0.4, -0.2) is 85.7 Å². The Bertz CT molecular complexity index is 3220. The average molecular weight is 999 g/mol. The second-order valence-corrected chi connectivity index (χ2v) is 21.5. The van der Waals surface area contributed by atoms with Crippen molar-refractivity contribution in [1.29, 1.82) is 0 Å². The Balaban J connectivity index is 0.674. The van der Waals surface area contributed by atoms with Crippen LogP contribution in [0.25, 0.3) is 32.2 Å². The number of nitrogens with one attached hydrogen (secondary N) is 2. The Labute approximate surface area is 429 Å². The van der Waals surface area contributed by atoms with E-state index in [1.165, 1.54) is 36.2 Å². The summed E-state index contributed by atoms with van der Waals surface area (Å²) in [6.45, 7) is 6.28. The van der Waals surface area contributed by atoms with Gasteiger partial charge >= 0.3 is 5.97 Å². The molecule has 3 N–H and O–H groups in total. The molecular formula is C58H62N8O6S. The first-order valence-corrected chi connectivity index (χ1v) is 26.9. The number of ether oxygens (including phenoxy) is 1. The third kappa shape index (κ3) is 10.1. The van der Waals surface area contributed by atoms with Crippen molar-refractivity contribution in [3.05, 3.63) is 130 Å². The zero-order valence-corrected chi connectivity index (χ0v) is 42.4. The van der Waals surface area contributed by atoms with Gasteiger partial charge in [0.05, 0.1) is 33.4 Å². The van der Waals surface area contributed by atoms with Crippen LogP contribution in [0.1, 0.15) is 131 Å². The topological polar surface area (TPSA) is 172 Å². The number of amides is 3. The Kier molecular flexibility index (Phi) is 13.8. The second kappa shape index (κ2) is 20.9. The van der Waals surface area contributed by atoms with Crippen LogP contribution in [0.5, 0.6) is 5.75 Å². The number of imide groups is 1. The van der Waals surface area contributed by atoms with E-state index >= 15 is 0 Å². The first-order valence-electron chi connectivity index (χ1n) is 26.1. The molecule has 3 aromatic heterocycles. The zero-order chi connectivity index (χ0) is 50.2. The lowest BCUT2D eigenvalue weighted by atomic mass is 9.84. The summed E-state index contributed by atoms with van der Waals surface area (Å²) in [5.41, 5.74) is 8.78. The SMILES string of the molecule is Cc1c(OC2CCC(CCCCN3CCCC(c4cccc5c(C6CCC(=O)NC6=O)nn(C)c45)C3)CC2)cccc1-c1ccc(N2CCc3cccc(C(=O)Nc4nc5ccccc5s4)c3C2)nc1C(=O)O. The third-order valence-electron chi connectivity index (χ3n) is 15.9. The Hall–Kier alpha value is -6.97. The van der Waals surface area contributed by atoms with Crippen LogP contribution < -0.4 is 20.3 Å². The summed E-state index contributed by atoms with van der Waals surface area (Å²) in [4.78, 5) is 65.3. The summed E-state index contributed by atoms with van der Waals surface area (Å²) in [5, 5.41) is 22.5. The number of carboxylic acids is 1. The molecule has 376 valence electrons. The lowest BCUT2D eigenvalue weighted by Gasteiger charge is -2.33. The number of para-hydroxylation sites is 2. The van der Waals surface area contributed by atoms with Gasteiger partial charge in [-0.15, -0.1) is 0 Å². The number of rotatable bonds is 14. The molecule has 0 spiro atoms. The number of carbonyl (C=O) groups is 4. The number of thiazole rings is 1. The molecule has 3 aliphatic heterocycles. The van der Waals surface area contributed by atoms with Crippen molar-refractivity contribution < 1.29 is 29.0 Å². The van der Waals surface area contributed by atoms with E-state index in [1.54, 1.807) is 0 Å². The molecule has 2 atom stereocenters. The first kappa shape index (κ1) is 48.3. The number of anilines is 2. The lowest BCUT2D eigenvalue weighted by molar-refractivity contribution is -0.134. The first-order chi connectivity index (χ1) is 35.5. The van der Waals surface area contributed by atoms with E-state index in [2.05, 4.69) is 49.7 Å². The number of aromatic nitrogens is 4. The van der Waals surface area contributed by atoms with Gasteiger partial charge in [0.25, 0.3) is 5.91 Å². The maximum Gasteiger partial charge on any atom is 0.355 e. The number of unbranched alkanes of at least 4 members (excludes halogenated alkanes) is 1. The number of fused-ring (bicyclic) bond motifs is 3. The molecule has 1 saturated carbocycles. The van der Waals surface area contributed by atoms with Crippen molar-refractivity contribution >= 4 is 67.1 Å². The van der Waals surface area contributed by atoms with E-state index in [1.807, 2.05) is 85.4 Å². The molecule has 1 aliphatic carbocycles. The number of carboxylic acid groups (broad SMARTS) is 1. The second-order valence-electron chi connectivity index (χ2n) is 20.5. The molecule has 3 fully saturated rings. The number of likely N-dealkylation sites (tertiary alicyclic amines) is 1. The number of hydrogen-bond donors (Lipinski definition) is 3. The molecule has 14 nitrogen and oxygen atoms in total. The average Bonchev–Trinajstić information content (AvgIpc) is 3.98. The maximum atomic E-state index is 13.7. The molecular weight excluding hydrogens is 937 g/mol. The lowest BCUT2D eigenvalue weighted by Crippen LogP contribution is -2.39. The smallest absolute Gasteiger partial charge is 0.355 e. The summed E-state index contributed by atoms with van der Waals surface area (Å²) in [6.07, 6.45) is 11.8. The van der Waals surface area contributed by atoms with Gasteiger partial charge in [-0.1, -0.05) is 78.8 Å². The minimum atomic E-state index is -1.10. The summed E-state index contributed by atoms with van der Waals surface area (Å²) in [6, 6.07) is 29.6. The minimum Gasteiger partial charge on any atom is -0.490 e. The van der Waals surface area contributed by atoms with Crippen LogP contribution in [0.15, 0.2) is 91.0 Å². The van der Waals surface area contributed by atoms with Crippen LogP contribution in [0, 0.1) is 12.8 Å². The van der Waals surface area contributed by atoms with E-state index in [0.29, 0.717) is 66.3 Å². The highest BCUT2D eigenvalue weighted by atomic mass is 32.1. The Morgan fingerprint density at radius 1 is 0.863 bits per heavy atom.